The number of nitrogens with one attached hydrogen (secondary N) is 2. The first kappa shape index (κ1) is 17.0. The van der Waals surface area contributed by atoms with Gasteiger partial charge in [0.25, 0.3) is 5.92 Å². The van der Waals surface area contributed by atoms with Crippen LogP contribution in [0.5, 0.6) is 0 Å². The summed E-state index contributed by atoms with van der Waals surface area (Å²) in [5.74, 6) is -3.10. The van der Waals surface area contributed by atoms with Gasteiger partial charge in [0.05, 0.1) is 0 Å². The highest BCUT2D eigenvalue weighted by molar-refractivity contribution is 5.89. The number of halogens is 2. The van der Waals surface area contributed by atoms with E-state index in [1.54, 1.807) is 19.1 Å². The van der Waals surface area contributed by atoms with Crippen molar-refractivity contribution in [2.75, 3.05) is 23.7 Å². The number of hydrogen-bond acceptors (Lipinski definition) is 2. The maximum absolute atomic E-state index is 13.1. The third kappa shape index (κ3) is 4.16. The lowest BCUT2D eigenvalue weighted by Crippen LogP contribution is -2.35. The Labute approximate surface area is 141 Å². The van der Waals surface area contributed by atoms with Crippen LogP contribution in [0.25, 0.3) is 0 Å². The number of nitrogens with zero attached hydrogens (tertiary/aromatic N) is 1. The summed E-state index contributed by atoms with van der Waals surface area (Å²) in [6.07, 6.45) is 4.44. The van der Waals surface area contributed by atoms with Gasteiger partial charge in [-0.1, -0.05) is 12.8 Å². The van der Waals surface area contributed by atoms with Crippen LogP contribution in [0, 0.1) is 5.92 Å². The van der Waals surface area contributed by atoms with E-state index in [-0.39, 0.29) is 18.5 Å². The number of urea groups is 1. The van der Waals surface area contributed by atoms with E-state index in [4.69, 9.17) is 0 Å². The second-order valence-electron chi connectivity index (χ2n) is 6.91. The number of rotatable bonds is 4. The van der Waals surface area contributed by atoms with Crippen LogP contribution >= 0.6 is 0 Å². The molecule has 24 heavy (non-hydrogen) atoms. The minimum Gasteiger partial charge on any atom is -0.382 e. The maximum Gasteiger partial charge on any atom is 0.321 e. The molecule has 2 amide bonds. The zero-order valence-corrected chi connectivity index (χ0v) is 14.0. The van der Waals surface area contributed by atoms with E-state index < -0.39 is 11.8 Å². The van der Waals surface area contributed by atoms with E-state index in [9.17, 15) is 13.6 Å². The second-order valence-corrected chi connectivity index (χ2v) is 6.91. The van der Waals surface area contributed by atoms with Crippen LogP contribution in [-0.4, -0.2) is 36.0 Å². The molecule has 2 N–H and O–H groups in total. The first-order valence-corrected chi connectivity index (χ1v) is 8.76. The number of amides is 2. The molecule has 2 atom stereocenters. The van der Waals surface area contributed by atoms with Crippen molar-refractivity contribution in [1.29, 1.82) is 0 Å². The van der Waals surface area contributed by atoms with Crippen molar-refractivity contribution in [1.82, 2.24) is 4.90 Å². The van der Waals surface area contributed by atoms with Crippen molar-refractivity contribution >= 4 is 17.4 Å². The molecular weight excluding hydrogens is 312 g/mol. The van der Waals surface area contributed by atoms with Gasteiger partial charge in [-0.05, 0) is 44.0 Å². The smallest absolute Gasteiger partial charge is 0.321 e. The summed E-state index contributed by atoms with van der Waals surface area (Å²) in [5, 5.41) is 6.02. The summed E-state index contributed by atoms with van der Waals surface area (Å²) in [5.41, 5.74) is 1.51. The van der Waals surface area contributed by atoms with E-state index in [1.807, 2.05) is 17.0 Å². The van der Waals surface area contributed by atoms with Crippen molar-refractivity contribution < 1.29 is 13.6 Å². The monoisotopic (exact) mass is 337 g/mol. The highest BCUT2D eigenvalue weighted by Gasteiger charge is 2.59. The van der Waals surface area contributed by atoms with Gasteiger partial charge in [-0.25, -0.2) is 13.6 Å². The molecule has 0 bridgehead atoms. The summed E-state index contributed by atoms with van der Waals surface area (Å²) < 4.78 is 26.1. The molecule has 132 valence electrons. The number of alkyl halides is 2. The topological polar surface area (TPSA) is 44.4 Å². The number of benzene rings is 1. The number of anilines is 2. The summed E-state index contributed by atoms with van der Waals surface area (Å²) in [7, 11) is 0. The average Bonchev–Trinajstić information content (AvgIpc) is 3.26. The largest absolute Gasteiger partial charge is 0.382 e. The SMILES string of the molecule is C[C@H](Nc1ccc(NC(=O)N2CCCCCC2)cc1)[C@H]1CC1(F)F. The Morgan fingerprint density at radius 1 is 1.12 bits per heavy atom. The fourth-order valence-corrected chi connectivity index (χ4v) is 3.27. The number of hydrogen-bond donors (Lipinski definition) is 2. The molecule has 3 rings (SSSR count). The van der Waals surface area contributed by atoms with Crippen molar-refractivity contribution in [2.45, 2.75) is 51.0 Å². The molecule has 4 nitrogen and oxygen atoms in total. The van der Waals surface area contributed by atoms with Gasteiger partial charge >= 0.3 is 6.03 Å². The van der Waals surface area contributed by atoms with E-state index in [1.165, 1.54) is 12.8 Å². The standard InChI is InChI=1S/C18H25F2N3O/c1-13(16-12-18(16,19)20)21-14-6-8-15(9-7-14)22-17(24)23-10-4-2-3-5-11-23/h6-9,13,16,21H,2-5,10-12H2,1H3,(H,22,24)/t13-,16+/m0/s1. The fraction of sp³-hybridized carbons (Fsp3) is 0.611. The Kier molecular flexibility index (Phi) is 4.92. The van der Waals surface area contributed by atoms with E-state index >= 15 is 0 Å². The van der Waals surface area contributed by atoms with Gasteiger partial charge in [0, 0.05) is 42.8 Å². The van der Waals surface area contributed by atoms with Gasteiger partial charge in [0.15, 0.2) is 0 Å². The normalized spacial score (nSPS) is 24.0. The van der Waals surface area contributed by atoms with Crippen molar-refractivity contribution in [3.05, 3.63) is 24.3 Å². The Morgan fingerprint density at radius 2 is 1.67 bits per heavy atom. The predicted octanol–water partition coefficient (Wildman–Crippen LogP) is 4.55. The predicted molar refractivity (Wildman–Crippen MR) is 91.6 cm³/mol. The van der Waals surface area contributed by atoms with Crippen LogP contribution in [0.3, 0.4) is 0 Å². The number of carbonyl (C=O) groups excluding carboxylic acids is 1. The van der Waals surface area contributed by atoms with E-state index in [0.29, 0.717) is 0 Å². The van der Waals surface area contributed by atoms with Crippen molar-refractivity contribution in [3.63, 3.8) is 0 Å². The van der Waals surface area contributed by atoms with Gasteiger partial charge in [0.2, 0.25) is 0 Å². The van der Waals surface area contributed by atoms with Crippen LogP contribution < -0.4 is 10.6 Å². The molecule has 1 heterocycles. The summed E-state index contributed by atoms with van der Waals surface area (Å²) in [6, 6.07) is 6.90. The zero-order valence-electron chi connectivity index (χ0n) is 14.0. The molecule has 1 saturated heterocycles. The Hall–Kier alpha value is -1.85. The third-order valence-electron chi connectivity index (χ3n) is 4.90. The minimum absolute atomic E-state index is 0.0366. The lowest BCUT2D eigenvalue weighted by Gasteiger charge is -2.21. The first-order valence-electron chi connectivity index (χ1n) is 8.76. The molecule has 0 spiro atoms. The molecule has 1 saturated carbocycles. The third-order valence-corrected chi connectivity index (χ3v) is 4.90. The highest BCUT2D eigenvalue weighted by atomic mass is 19.3. The van der Waals surface area contributed by atoms with Gasteiger partial charge < -0.3 is 15.5 Å². The van der Waals surface area contributed by atoms with Crippen LogP contribution in [0.15, 0.2) is 24.3 Å². The number of carbonyl (C=O) groups is 1. The molecule has 1 aliphatic carbocycles. The van der Waals surface area contributed by atoms with Gasteiger partial charge in [-0.15, -0.1) is 0 Å². The second kappa shape index (κ2) is 6.95. The summed E-state index contributed by atoms with van der Waals surface area (Å²) >= 11 is 0. The first-order chi connectivity index (χ1) is 11.5. The molecule has 2 fully saturated rings. The quantitative estimate of drug-likeness (QED) is 0.846. The molecule has 1 aromatic rings. The minimum atomic E-state index is -2.52. The average molecular weight is 337 g/mol. The molecule has 2 aliphatic rings. The lowest BCUT2D eigenvalue weighted by molar-refractivity contribution is 0.0959. The molecule has 0 unspecified atom stereocenters. The molecule has 0 radical (unpaired) electrons. The molecular formula is C18H25F2N3O. The van der Waals surface area contributed by atoms with Gasteiger partial charge in [0.1, 0.15) is 0 Å². The number of likely N-dealkylation sites (tertiary alicyclic amines) is 1. The van der Waals surface area contributed by atoms with E-state index in [2.05, 4.69) is 10.6 Å². The van der Waals surface area contributed by atoms with Gasteiger partial charge in [-0.2, -0.15) is 0 Å². The van der Waals surface area contributed by atoms with Crippen LogP contribution in [0.1, 0.15) is 39.0 Å². The molecule has 0 aromatic heterocycles. The Morgan fingerprint density at radius 3 is 2.21 bits per heavy atom. The Balaban J connectivity index is 1.51. The Bertz CT molecular complexity index is 568. The fourth-order valence-electron chi connectivity index (χ4n) is 3.27. The van der Waals surface area contributed by atoms with Crippen LogP contribution in [0.4, 0.5) is 25.0 Å². The van der Waals surface area contributed by atoms with Crippen molar-refractivity contribution in [2.24, 2.45) is 5.92 Å². The summed E-state index contributed by atoms with van der Waals surface area (Å²) in [4.78, 5) is 14.1. The molecule has 1 aromatic carbocycles. The summed E-state index contributed by atoms with van der Waals surface area (Å²) in [6.45, 7) is 3.39. The zero-order chi connectivity index (χ0) is 17.2. The van der Waals surface area contributed by atoms with Gasteiger partial charge in [-0.3, -0.25) is 0 Å². The molecule has 6 heteroatoms. The van der Waals surface area contributed by atoms with Crippen LogP contribution in [0.2, 0.25) is 0 Å². The lowest BCUT2D eigenvalue weighted by atomic mass is 10.2. The maximum atomic E-state index is 13.1. The van der Waals surface area contributed by atoms with Crippen molar-refractivity contribution in [3.8, 4) is 0 Å². The van der Waals surface area contributed by atoms with Crippen LogP contribution in [-0.2, 0) is 0 Å². The van der Waals surface area contributed by atoms with E-state index in [0.717, 1.165) is 37.3 Å². The highest BCUT2D eigenvalue weighted by Crippen LogP contribution is 2.51. The molecule has 1 aliphatic heterocycles.